The van der Waals surface area contributed by atoms with E-state index in [0.29, 0.717) is 19.6 Å². The van der Waals surface area contributed by atoms with Crippen LogP contribution < -0.4 is 0 Å². The molecule has 5 nitrogen and oxygen atoms in total. The Morgan fingerprint density at radius 3 is 2.82 bits per heavy atom. The molecule has 1 saturated heterocycles. The molecular weight excluding hydrogens is 222 g/mol. The predicted molar refractivity (Wildman–Crippen MR) is 64.1 cm³/mol. The fraction of sp³-hybridized carbons (Fsp3) is 0.917. The van der Waals surface area contributed by atoms with Crippen molar-refractivity contribution in [2.45, 2.75) is 37.8 Å². The molecule has 0 saturated carbocycles. The van der Waals surface area contributed by atoms with Crippen molar-refractivity contribution in [3.8, 4) is 0 Å². The topological polar surface area (TPSA) is 59.0 Å². The lowest BCUT2D eigenvalue weighted by Crippen LogP contribution is -2.53. The molecule has 1 heterocycles. The monoisotopic (exact) mass is 245 g/mol. The number of methoxy groups -OCH3 is 1. The molecule has 1 fully saturated rings. The van der Waals surface area contributed by atoms with E-state index in [1.54, 1.807) is 14.0 Å². The van der Waals surface area contributed by atoms with Crippen LogP contribution in [0.3, 0.4) is 0 Å². The minimum Gasteiger partial charge on any atom is -0.480 e. The molecular formula is C12H23NO4. The molecule has 0 aromatic heterocycles. The maximum Gasteiger partial charge on any atom is 0.323 e. The summed E-state index contributed by atoms with van der Waals surface area (Å²) in [7, 11) is 3.42. The van der Waals surface area contributed by atoms with E-state index >= 15 is 0 Å². The van der Waals surface area contributed by atoms with Crippen LogP contribution in [-0.2, 0) is 14.3 Å². The molecule has 1 rings (SSSR count). The van der Waals surface area contributed by atoms with Gasteiger partial charge in [0.05, 0.1) is 6.10 Å². The first-order valence-corrected chi connectivity index (χ1v) is 6.06. The van der Waals surface area contributed by atoms with Gasteiger partial charge in [0, 0.05) is 26.9 Å². The summed E-state index contributed by atoms with van der Waals surface area (Å²) in [6.07, 6.45) is 2.73. The van der Waals surface area contributed by atoms with E-state index in [0.717, 1.165) is 19.4 Å². The van der Waals surface area contributed by atoms with Crippen LogP contribution in [0.25, 0.3) is 0 Å². The second-order valence-corrected chi connectivity index (χ2v) is 4.84. The van der Waals surface area contributed by atoms with Crippen LogP contribution in [0.1, 0.15) is 26.2 Å². The average molecular weight is 245 g/mol. The smallest absolute Gasteiger partial charge is 0.323 e. The fourth-order valence-corrected chi connectivity index (χ4v) is 2.06. The number of ether oxygens (including phenoxy) is 2. The maximum atomic E-state index is 11.4. The number of hydrogen-bond donors (Lipinski definition) is 1. The minimum absolute atomic E-state index is 0.168. The van der Waals surface area contributed by atoms with E-state index in [1.807, 2.05) is 11.9 Å². The van der Waals surface area contributed by atoms with Gasteiger partial charge >= 0.3 is 5.97 Å². The summed E-state index contributed by atoms with van der Waals surface area (Å²) in [4.78, 5) is 13.3. The largest absolute Gasteiger partial charge is 0.480 e. The molecule has 1 aliphatic rings. The number of likely N-dealkylation sites (N-methyl/N-ethyl adjacent to an activating group) is 1. The zero-order chi connectivity index (χ0) is 12.9. The number of nitrogens with zero attached hydrogens (tertiary/aromatic N) is 1. The van der Waals surface area contributed by atoms with Gasteiger partial charge in [0.1, 0.15) is 5.54 Å². The van der Waals surface area contributed by atoms with Crippen LogP contribution in [0, 0.1) is 0 Å². The summed E-state index contributed by atoms with van der Waals surface area (Å²) < 4.78 is 10.5. The summed E-state index contributed by atoms with van der Waals surface area (Å²) in [5.74, 6) is -0.810. The number of hydrogen-bond acceptors (Lipinski definition) is 4. The van der Waals surface area contributed by atoms with Gasteiger partial charge in [-0.3, -0.25) is 9.69 Å². The molecule has 17 heavy (non-hydrogen) atoms. The van der Waals surface area contributed by atoms with Crippen LogP contribution in [0.2, 0.25) is 0 Å². The Labute approximate surface area is 103 Å². The highest BCUT2D eigenvalue weighted by Gasteiger charge is 2.38. The van der Waals surface area contributed by atoms with Gasteiger partial charge < -0.3 is 14.6 Å². The molecule has 0 amide bonds. The average Bonchev–Trinajstić information content (AvgIpc) is 2.78. The first kappa shape index (κ1) is 14.4. The van der Waals surface area contributed by atoms with Crippen molar-refractivity contribution in [3.05, 3.63) is 0 Å². The van der Waals surface area contributed by atoms with Gasteiger partial charge in [0.15, 0.2) is 0 Å². The van der Waals surface area contributed by atoms with Gasteiger partial charge in [0.2, 0.25) is 0 Å². The summed E-state index contributed by atoms with van der Waals surface area (Å²) in [5, 5.41) is 9.37. The lowest BCUT2D eigenvalue weighted by Gasteiger charge is -2.36. The highest BCUT2D eigenvalue weighted by atomic mass is 16.5. The van der Waals surface area contributed by atoms with Gasteiger partial charge in [-0.15, -0.1) is 0 Å². The second kappa shape index (κ2) is 6.33. The van der Waals surface area contributed by atoms with Gasteiger partial charge in [-0.05, 0) is 33.2 Å². The Balaban J connectivity index is 2.58. The summed E-state index contributed by atoms with van der Waals surface area (Å²) >= 11 is 0. The minimum atomic E-state index is -0.887. The van der Waals surface area contributed by atoms with Crippen LogP contribution in [-0.4, -0.2) is 61.5 Å². The Bertz CT molecular complexity index is 253. The highest BCUT2D eigenvalue weighted by molar-refractivity contribution is 5.78. The lowest BCUT2D eigenvalue weighted by molar-refractivity contribution is -0.151. The molecule has 0 bridgehead atoms. The number of carboxylic acid groups (broad SMARTS) is 1. The fourth-order valence-electron chi connectivity index (χ4n) is 2.06. The van der Waals surface area contributed by atoms with Crippen molar-refractivity contribution >= 4 is 5.97 Å². The molecule has 2 unspecified atom stereocenters. The molecule has 0 radical (unpaired) electrons. The van der Waals surface area contributed by atoms with Crippen LogP contribution >= 0.6 is 0 Å². The Morgan fingerprint density at radius 1 is 1.65 bits per heavy atom. The Morgan fingerprint density at radius 2 is 2.35 bits per heavy atom. The molecule has 5 heteroatoms. The SMILES string of the molecule is COCCC(C)(C(=O)O)N(C)CC1CCCO1. The van der Waals surface area contributed by atoms with Crippen molar-refractivity contribution in [1.82, 2.24) is 4.90 Å². The van der Waals surface area contributed by atoms with E-state index in [9.17, 15) is 9.90 Å². The molecule has 0 aromatic carbocycles. The number of carbonyl (C=O) groups is 1. The van der Waals surface area contributed by atoms with E-state index in [1.165, 1.54) is 0 Å². The van der Waals surface area contributed by atoms with E-state index in [-0.39, 0.29) is 6.10 Å². The summed E-state index contributed by atoms with van der Waals surface area (Å²) in [6, 6.07) is 0. The zero-order valence-corrected chi connectivity index (χ0v) is 10.9. The standard InChI is InChI=1S/C12H23NO4/c1-12(11(14)15,6-8-16-3)13(2)9-10-5-4-7-17-10/h10H,4-9H2,1-3H3,(H,14,15). The van der Waals surface area contributed by atoms with Gasteiger partial charge in [0.25, 0.3) is 0 Å². The normalized spacial score (nSPS) is 23.9. The molecule has 100 valence electrons. The molecule has 1 N–H and O–H groups in total. The third kappa shape index (κ3) is 3.66. The quantitative estimate of drug-likeness (QED) is 0.724. The lowest BCUT2D eigenvalue weighted by atomic mass is 9.96. The number of rotatable bonds is 7. The predicted octanol–water partition coefficient (Wildman–Crippen LogP) is 0.977. The number of carboxylic acids is 1. The second-order valence-electron chi connectivity index (χ2n) is 4.84. The van der Waals surface area contributed by atoms with Gasteiger partial charge in [-0.1, -0.05) is 0 Å². The number of aliphatic carboxylic acids is 1. The van der Waals surface area contributed by atoms with Gasteiger partial charge in [-0.25, -0.2) is 0 Å². The molecule has 0 aromatic rings. The van der Waals surface area contributed by atoms with E-state index in [2.05, 4.69) is 0 Å². The first-order valence-electron chi connectivity index (χ1n) is 6.06. The first-order chi connectivity index (χ1) is 8.00. The van der Waals surface area contributed by atoms with Crippen molar-refractivity contribution in [3.63, 3.8) is 0 Å². The van der Waals surface area contributed by atoms with Crippen molar-refractivity contribution in [1.29, 1.82) is 0 Å². The Kier molecular flexibility index (Phi) is 5.36. The van der Waals surface area contributed by atoms with Crippen LogP contribution in [0.15, 0.2) is 0 Å². The van der Waals surface area contributed by atoms with Crippen LogP contribution in [0.4, 0.5) is 0 Å². The van der Waals surface area contributed by atoms with Crippen LogP contribution in [0.5, 0.6) is 0 Å². The maximum absolute atomic E-state index is 11.4. The third-order valence-corrected chi connectivity index (χ3v) is 3.60. The van der Waals surface area contributed by atoms with E-state index in [4.69, 9.17) is 9.47 Å². The molecule has 2 atom stereocenters. The summed E-state index contributed by atoms with van der Waals surface area (Å²) in [6.45, 7) is 3.63. The molecule has 0 spiro atoms. The molecule has 0 aliphatic carbocycles. The van der Waals surface area contributed by atoms with Gasteiger partial charge in [-0.2, -0.15) is 0 Å². The van der Waals surface area contributed by atoms with Crippen molar-refractivity contribution in [2.75, 3.05) is 33.9 Å². The Hall–Kier alpha value is -0.650. The van der Waals surface area contributed by atoms with E-state index < -0.39 is 11.5 Å². The highest BCUT2D eigenvalue weighted by Crippen LogP contribution is 2.22. The zero-order valence-electron chi connectivity index (χ0n) is 10.9. The molecule has 1 aliphatic heterocycles. The van der Waals surface area contributed by atoms with Crippen molar-refractivity contribution in [2.24, 2.45) is 0 Å². The summed E-state index contributed by atoms with van der Waals surface area (Å²) in [5.41, 5.74) is -0.887. The van der Waals surface area contributed by atoms with Crippen molar-refractivity contribution < 1.29 is 19.4 Å². The third-order valence-electron chi connectivity index (χ3n) is 3.60.